The smallest absolute Gasteiger partial charge is 0.142 e. The SMILES string of the molecule is N#Cc1cnc(N)cc1OC1CCCC1. The molecule has 1 heterocycles. The van der Waals surface area contributed by atoms with Gasteiger partial charge in [0.25, 0.3) is 0 Å². The summed E-state index contributed by atoms with van der Waals surface area (Å²) in [7, 11) is 0. The Morgan fingerprint density at radius 2 is 2.20 bits per heavy atom. The fourth-order valence-electron chi connectivity index (χ4n) is 1.82. The number of pyridine rings is 1. The maximum atomic E-state index is 8.87. The lowest BCUT2D eigenvalue weighted by Crippen LogP contribution is -2.12. The second-order valence-corrected chi connectivity index (χ2v) is 3.74. The van der Waals surface area contributed by atoms with Gasteiger partial charge in [-0.25, -0.2) is 4.98 Å². The van der Waals surface area contributed by atoms with Gasteiger partial charge in [-0.05, 0) is 25.7 Å². The normalized spacial score (nSPS) is 16.2. The predicted octanol–water partition coefficient (Wildman–Crippen LogP) is 1.86. The number of aromatic nitrogens is 1. The molecule has 1 aliphatic rings. The summed E-state index contributed by atoms with van der Waals surface area (Å²) < 4.78 is 5.74. The van der Waals surface area contributed by atoms with Crippen LogP contribution in [0, 0.1) is 11.3 Å². The highest BCUT2D eigenvalue weighted by molar-refractivity contribution is 5.47. The topological polar surface area (TPSA) is 71.9 Å². The van der Waals surface area contributed by atoms with Crippen molar-refractivity contribution in [1.82, 2.24) is 4.98 Å². The van der Waals surface area contributed by atoms with Crippen LogP contribution in [0.1, 0.15) is 31.2 Å². The van der Waals surface area contributed by atoms with E-state index >= 15 is 0 Å². The maximum Gasteiger partial charge on any atom is 0.142 e. The molecule has 0 radical (unpaired) electrons. The van der Waals surface area contributed by atoms with Crippen molar-refractivity contribution in [2.75, 3.05) is 5.73 Å². The number of anilines is 1. The third kappa shape index (κ3) is 2.18. The summed E-state index contributed by atoms with van der Waals surface area (Å²) in [5, 5.41) is 8.87. The number of hydrogen-bond acceptors (Lipinski definition) is 4. The third-order valence-electron chi connectivity index (χ3n) is 2.60. The van der Waals surface area contributed by atoms with Crippen molar-refractivity contribution in [2.24, 2.45) is 0 Å². The second-order valence-electron chi connectivity index (χ2n) is 3.74. The summed E-state index contributed by atoms with van der Waals surface area (Å²) in [4.78, 5) is 3.86. The predicted molar refractivity (Wildman–Crippen MR) is 56.2 cm³/mol. The fraction of sp³-hybridized carbons (Fsp3) is 0.455. The van der Waals surface area contributed by atoms with E-state index in [0.717, 1.165) is 12.8 Å². The monoisotopic (exact) mass is 203 g/mol. The largest absolute Gasteiger partial charge is 0.489 e. The van der Waals surface area contributed by atoms with Crippen LogP contribution in [0.2, 0.25) is 0 Å². The molecule has 1 aliphatic carbocycles. The number of rotatable bonds is 2. The van der Waals surface area contributed by atoms with E-state index in [4.69, 9.17) is 15.7 Å². The van der Waals surface area contributed by atoms with E-state index in [0.29, 0.717) is 17.1 Å². The van der Waals surface area contributed by atoms with Crippen LogP contribution in [0.5, 0.6) is 5.75 Å². The third-order valence-corrected chi connectivity index (χ3v) is 2.60. The molecule has 1 aromatic heterocycles. The van der Waals surface area contributed by atoms with Gasteiger partial charge >= 0.3 is 0 Å². The molecular weight excluding hydrogens is 190 g/mol. The molecule has 0 atom stereocenters. The van der Waals surface area contributed by atoms with Gasteiger partial charge in [0.15, 0.2) is 0 Å². The number of nitriles is 1. The average molecular weight is 203 g/mol. The zero-order valence-electron chi connectivity index (χ0n) is 8.44. The average Bonchev–Trinajstić information content (AvgIpc) is 2.71. The minimum Gasteiger partial charge on any atom is -0.489 e. The minimum atomic E-state index is 0.235. The van der Waals surface area contributed by atoms with Crippen molar-refractivity contribution in [3.8, 4) is 11.8 Å². The van der Waals surface area contributed by atoms with Crippen LogP contribution in [0.4, 0.5) is 5.82 Å². The van der Waals surface area contributed by atoms with Crippen molar-refractivity contribution in [3.63, 3.8) is 0 Å². The van der Waals surface area contributed by atoms with E-state index < -0.39 is 0 Å². The first kappa shape index (κ1) is 9.78. The van der Waals surface area contributed by atoms with E-state index in [1.165, 1.54) is 19.0 Å². The van der Waals surface area contributed by atoms with E-state index in [2.05, 4.69) is 11.1 Å². The van der Waals surface area contributed by atoms with E-state index in [1.807, 2.05) is 0 Å². The number of ether oxygens (including phenoxy) is 1. The van der Waals surface area contributed by atoms with Crippen molar-refractivity contribution in [1.29, 1.82) is 5.26 Å². The molecular formula is C11H13N3O. The summed E-state index contributed by atoms with van der Waals surface area (Å²) in [6.45, 7) is 0. The quantitative estimate of drug-likeness (QED) is 0.796. The van der Waals surface area contributed by atoms with Crippen LogP contribution in [-0.4, -0.2) is 11.1 Å². The summed E-state index contributed by atoms with van der Waals surface area (Å²) in [6, 6.07) is 3.68. The lowest BCUT2D eigenvalue weighted by molar-refractivity contribution is 0.209. The van der Waals surface area contributed by atoms with Gasteiger partial charge in [-0.15, -0.1) is 0 Å². The van der Waals surface area contributed by atoms with Crippen molar-refractivity contribution >= 4 is 5.82 Å². The van der Waals surface area contributed by atoms with Crippen LogP contribution in [0.15, 0.2) is 12.3 Å². The van der Waals surface area contributed by atoms with Gasteiger partial charge in [-0.3, -0.25) is 0 Å². The molecule has 15 heavy (non-hydrogen) atoms. The van der Waals surface area contributed by atoms with Crippen LogP contribution < -0.4 is 10.5 Å². The maximum absolute atomic E-state index is 8.87. The first-order chi connectivity index (χ1) is 7.29. The minimum absolute atomic E-state index is 0.235. The highest BCUT2D eigenvalue weighted by Gasteiger charge is 2.18. The lowest BCUT2D eigenvalue weighted by atomic mass is 10.2. The Morgan fingerprint density at radius 1 is 1.47 bits per heavy atom. The molecule has 0 saturated heterocycles. The zero-order chi connectivity index (χ0) is 10.7. The van der Waals surface area contributed by atoms with Gasteiger partial charge < -0.3 is 10.5 Å². The van der Waals surface area contributed by atoms with Gasteiger partial charge in [-0.1, -0.05) is 0 Å². The first-order valence-electron chi connectivity index (χ1n) is 5.12. The Morgan fingerprint density at radius 3 is 2.87 bits per heavy atom. The molecule has 4 heteroatoms. The molecule has 0 aromatic carbocycles. The molecule has 1 aromatic rings. The standard InChI is InChI=1S/C11H13N3O/c12-6-8-7-14-11(13)5-10(8)15-9-3-1-2-4-9/h5,7,9H,1-4H2,(H2,13,14). The molecule has 2 rings (SSSR count). The highest BCUT2D eigenvalue weighted by atomic mass is 16.5. The Hall–Kier alpha value is -1.76. The number of nitrogens with zero attached hydrogens (tertiary/aromatic N) is 2. The molecule has 4 nitrogen and oxygen atoms in total. The van der Waals surface area contributed by atoms with Crippen LogP contribution in [0.25, 0.3) is 0 Å². The number of nitrogen functional groups attached to an aromatic ring is 1. The zero-order valence-corrected chi connectivity index (χ0v) is 8.44. The summed E-state index contributed by atoms with van der Waals surface area (Å²) >= 11 is 0. The van der Waals surface area contributed by atoms with Crippen LogP contribution >= 0.6 is 0 Å². The summed E-state index contributed by atoms with van der Waals surface area (Å²) in [5.74, 6) is 0.957. The van der Waals surface area contributed by atoms with Gasteiger partial charge in [0.05, 0.1) is 12.3 Å². The molecule has 0 amide bonds. The highest BCUT2D eigenvalue weighted by Crippen LogP contribution is 2.26. The number of hydrogen-bond donors (Lipinski definition) is 1. The Labute approximate surface area is 88.7 Å². The van der Waals surface area contributed by atoms with Gasteiger partial charge in [-0.2, -0.15) is 5.26 Å². The van der Waals surface area contributed by atoms with Gasteiger partial charge in [0, 0.05) is 6.07 Å². The number of nitrogens with two attached hydrogens (primary N) is 1. The van der Waals surface area contributed by atoms with Crippen molar-refractivity contribution < 1.29 is 4.74 Å². The molecule has 2 N–H and O–H groups in total. The van der Waals surface area contributed by atoms with E-state index in [-0.39, 0.29) is 6.10 Å². The van der Waals surface area contributed by atoms with E-state index in [1.54, 1.807) is 6.07 Å². The molecule has 1 saturated carbocycles. The molecule has 1 fully saturated rings. The lowest BCUT2D eigenvalue weighted by Gasteiger charge is -2.13. The van der Waals surface area contributed by atoms with E-state index in [9.17, 15) is 0 Å². The van der Waals surface area contributed by atoms with Crippen molar-refractivity contribution in [3.05, 3.63) is 17.8 Å². The van der Waals surface area contributed by atoms with Crippen LogP contribution in [0.3, 0.4) is 0 Å². The molecule has 78 valence electrons. The van der Waals surface area contributed by atoms with Gasteiger partial charge in [0.2, 0.25) is 0 Å². The van der Waals surface area contributed by atoms with Gasteiger partial charge in [0.1, 0.15) is 23.2 Å². The Balaban J connectivity index is 2.18. The summed E-state index contributed by atoms with van der Waals surface area (Å²) in [5.41, 5.74) is 6.01. The second kappa shape index (κ2) is 4.18. The summed E-state index contributed by atoms with van der Waals surface area (Å²) in [6.07, 6.45) is 6.22. The molecule has 0 unspecified atom stereocenters. The molecule has 0 spiro atoms. The molecule has 0 aliphatic heterocycles. The molecule has 0 bridgehead atoms. The van der Waals surface area contributed by atoms with Crippen molar-refractivity contribution in [2.45, 2.75) is 31.8 Å². The Kier molecular flexibility index (Phi) is 2.72. The Bertz CT molecular complexity index is 391. The van der Waals surface area contributed by atoms with Crippen LogP contribution in [-0.2, 0) is 0 Å². The first-order valence-corrected chi connectivity index (χ1v) is 5.12. The fourth-order valence-corrected chi connectivity index (χ4v) is 1.82.